The summed E-state index contributed by atoms with van der Waals surface area (Å²) in [7, 11) is 3.17. The molecule has 0 amide bonds. The zero-order valence-corrected chi connectivity index (χ0v) is 14.9. The largest absolute Gasteiger partial charge is 0.497 e. The van der Waals surface area contributed by atoms with Gasteiger partial charge in [0.1, 0.15) is 22.3 Å². The van der Waals surface area contributed by atoms with Gasteiger partial charge in [-0.25, -0.2) is 4.39 Å². The summed E-state index contributed by atoms with van der Waals surface area (Å²) in [5.74, 6) is 0.968. The third kappa shape index (κ3) is 3.88. The summed E-state index contributed by atoms with van der Waals surface area (Å²) in [6.07, 6.45) is 0. The van der Waals surface area contributed by atoms with Gasteiger partial charge in [0.05, 0.1) is 20.3 Å². The van der Waals surface area contributed by atoms with Crippen LogP contribution in [0.1, 0.15) is 22.2 Å². The van der Waals surface area contributed by atoms with Crippen molar-refractivity contribution in [2.45, 2.75) is 13.0 Å². The van der Waals surface area contributed by atoms with Crippen molar-refractivity contribution in [3.05, 3.63) is 64.4 Å². The minimum absolute atomic E-state index is 0.334. The number of halogens is 1. The van der Waals surface area contributed by atoms with Gasteiger partial charge in [0, 0.05) is 5.56 Å². The van der Waals surface area contributed by atoms with Crippen LogP contribution in [0.4, 0.5) is 9.52 Å². The molecule has 3 aromatic rings. The van der Waals surface area contributed by atoms with Crippen LogP contribution in [0.5, 0.6) is 11.5 Å². The predicted octanol–water partition coefficient (Wildman–Crippen LogP) is 4.20. The second kappa shape index (κ2) is 7.48. The van der Waals surface area contributed by atoms with Crippen molar-refractivity contribution in [1.29, 1.82) is 0 Å². The van der Waals surface area contributed by atoms with E-state index in [4.69, 9.17) is 9.47 Å². The Morgan fingerprint density at radius 1 is 1.08 bits per heavy atom. The van der Waals surface area contributed by atoms with E-state index < -0.39 is 0 Å². The van der Waals surface area contributed by atoms with Crippen molar-refractivity contribution in [3.8, 4) is 11.5 Å². The van der Waals surface area contributed by atoms with Crippen molar-refractivity contribution < 1.29 is 13.9 Å². The van der Waals surface area contributed by atoms with Crippen molar-refractivity contribution in [2.75, 3.05) is 19.5 Å². The molecule has 1 unspecified atom stereocenters. The van der Waals surface area contributed by atoms with Gasteiger partial charge in [-0.2, -0.15) is 0 Å². The molecule has 0 radical (unpaired) electrons. The van der Waals surface area contributed by atoms with Crippen LogP contribution in [-0.4, -0.2) is 24.4 Å². The summed E-state index contributed by atoms with van der Waals surface area (Å²) in [6, 6.07) is 11.7. The highest BCUT2D eigenvalue weighted by atomic mass is 32.1. The predicted molar refractivity (Wildman–Crippen MR) is 96.1 cm³/mol. The van der Waals surface area contributed by atoms with Crippen molar-refractivity contribution >= 4 is 16.5 Å². The Labute approximate surface area is 149 Å². The molecule has 130 valence electrons. The van der Waals surface area contributed by atoms with Gasteiger partial charge in [0.2, 0.25) is 5.13 Å². The monoisotopic (exact) mass is 359 g/mol. The first-order valence-electron chi connectivity index (χ1n) is 7.64. The molecule has 0 saturated carbocycles. The Balaban J connectivity index is 2.09. The smallest absolute Gasteiger partial charge is 0.206 e. The highest BCUT2D eigenvalue weighted by Gasteiger charge is 2.21. The molecule has 7 heteroatoms. The molecule has 0 saturated heterocycles. The minimum atomic E-state index is -0.368. The number of nitrogens with zero attached hydrogens (tertiary/aromatic N) is 2. The van der Waals surface area contributed by atoms with Gasteiger partial charge in [-0.1, -0.05) is 23.5 Å². The summed E-state index contributed by atoms with van der Waals surface area (Å²) in [5.41, 5.74) is 1.57. The van der Waals surface area contributed by atoms with E-state index in [-0.39, 0.29) is 11.9 Å². The summed E-state index contributed by atoms with van der Waals surface area (Å²) < 4.78 is 24.7. The maximum absolute atomic E-state index is 13.9. The number of hydrogen-bond acceptors (Lipinski definition) is 6. The molecule has 0 fully saturated rings. The summed E-state index contributed by atoms with van der Waals surface area (Å²) >= 11 is 1.43. The van der Waals surface area contributed by atoms with Crippen LogP contribution in [0.25, 0.3) is 0 Å². The molecular formula is C18H18FN3O2S. The molecule has 1 atom stereocenters. The molecule has 0 aliphatic heterocycles. The molecule has 5 nitrogen and oxygen atoms in total. The summed E-state index contributed by atoms with van der Waals surface area (Å²) in [5, 5.41) is 13.0. The number of aryl methyl sites for hydroxylation is 1. The highest BCUT2D eigenvalue weighted by Crippen LogP contribution is 2.35. The van der Waals surface area contributed by atoms with Crippen LogP contribution >= 0.6 is 11.3 Å². The molecule has 0 bridgehead atoms. The molecule has 1 heterocycles. The van der Waals surface area contributed by atoms with Gasteiger partial charge >= 0.3 is 0 Å². The first-order chi connectivity index (χ1) is 12.1. The maximum Gasteiger partial charge on any atom is 0.206 e. The van der Waals surface area contributed by atoms with Gasteiger partial charge in [0.15, 0.2) is 0 Å². The molecule has 2 aromatic carbocycles. The van der Waals surface area contributed by atoms with Crippen LogP contribution in [0, 0.1) is 12.7 Å². The lowest BCUT2D eigenvalue weighted by Gasteiger charge is -2.22. The fraction of sp³-hybridized carbons (Fsp3) is 0.222. The maximum atomic E-state index is 13.9. The third-order valence-electron chi connectivity index (χ3n) is 3.72. The van der Waals surface area contributed by atoms with Gasteiger partial charge in [-0.15, -0.1) is 10.2 Å². The topological polar surface area (TPSA) is 56.3 Å². The van der Waals surface area contributed by atoms with Gasteiger partial charge in [0.25, 0.3) is 0 Å². The number of nitrogens with one attached hydrogen (secondary N) is 1. The van der Waals surface area contributed by atoms with E-state index >= 15 is 0 Å². The van der Waals surface area contributed by atoms with E-state index in [1.165, 1.54) is 23.5 Å². The average molecular weight is 359 g/mol. The number of anilines is 1. The van der Waals surface area contributed by atoms with Crippen molar-refractivity contribution in [3.63, 3.8) is 0 Å². The first-order valence-corrected chi connectivity index (χ1v) is 8.46. The van der Waals surface area contributed by atoms with Crippen LogP contribution in [0.15, 0.2) is 42.5 Å². The number of methoxy groups -OCH3 is 2. The molecule has 0 aliphatic rings. The second-order valence-corrected chi connectivity index (χ2v) is 6.55. The molecule has 1 aromatic heterocycles. The standard InChI is InChI=1S/C18H18FN3O2S/c1-11-21-22-18(25-11)20-17(12-5-4-6-14(9-12)23-2)15-10-13(19)7-8-16(15)24-3/h4-10,17H,1-3H3,(H,20,22). The van der Waals surface area contributed by atoms with Crippen molar-refractivity contribution in [1.82, 2.24) is 10.2 Å². The first kappa shape index (κ1) is 17.2. The number of rotatable bonds is 6. The van der Waals surface area contributed by atoms with Crippen LogP contribution in [0.2, 0.25) is 0 Å². The lowest BCUT2D eigenvalue weighted by Crippen LogP contribution is -2.14. The van der Waals surface area contributed by atoms with Crippen LogP contribution in [-0.2, 0) is 0 Å². The van der Waals surface area contributed by atoms with E-state index in [1.54, 1.807) is 20.3 Å². The van der Waals surface area contributed by atoms with E-state index in [9.17, 15) is 4.39 Å². The van der Waals surface area contributed by atoms with E-state index in [2.05, 4.69) is 15.5 Å². The van der Waals surface area contributed by atoms with Gasteiger partial charge in [-0.3, -0.25) is 0 Å². The minimum Gasteiger partial charge on any atom is -0.497 e. The zero-order valence-electron chi connectivity index (χ0n) is 14.1. The Bertz CT molecular complexity index is 869. The van der Waals surface area contributed by atoms with E-state index in [0.717, 1.165) is 10.6 Å². The fourth-order valence-electron chi connectivity index (χ4n) is 2.57. The Morgan fingerprint density at radius 2 is 1.92 bits per heavy atom. The third-order valence-corrected chi connectivity index (χ3v) is 4.49. The molecule has 0 aliphatic carbocycles. The molecule has 25 heavy (non-hydrogen) atoms. The number of hydrogen-bond donors (Lipinski definition) is 1. The molecule has 3 rings (SSSR count). The fourth-order valence-corrected chi connectivity index (χ4v) is 3.19. The zero-order chi connectivity index (χ0) is 17.8. The lowest BCUT2D eigenvalue weighted by molar-refractivity contribution is 0.406. The number of benzene rings is 2. The van der Waals surface area contributed by atoms with Crippen molar-refractivity contribution in [2.24, 2.45) is 0 Å². The van der Waals surface area contributed by atoms with E-state index in [1.807, 2.05) is 31.2 Å². The summed E-state index contributed by atoms with van der Waals surface area (Å²) in [6.45, 7) is 1.88. The lowest BCUT2D eigenvalue weighted by atomic mass is 9.97. The molecule has 0 spiro atoms. The normalized spacial score (nSPS) is 11.8. The van der Waals surface area contributed by atoms with Crippen LogP contribution in [0.3, 0.4) is 0 Å². The average Bonchev–Trinajstić information content (AvgIpc) is 3.04. The highest BCUT2D eigenvalue weighted by molar-refractivity contribution is 7.15. The van der Waals surface area contributed by atoms with Gasteiger partial charge in [-0.05, 0) is 42.8 Å². The number of aromatic nitrogens is 2. The van der Waals surface area contributed by atoms with Crippen LogP contribution < -0.4 is 14.8 Å². The molecular weight excluding hydrogens is 341 g/mol. The second-order valence-electron chi connectivity index (χ2n) is 5.37. The SMILES string of the molecule is COc1cccc(C(Nc2nnc(C)s2)c2cc(F)ccc2OC)c1. The van der Waals surface area contributed by atoms with Gasteiger partial charge < -0.3 is 14.8 Å². The Hall–Kier alpha value is -2.67. The molecule has 1 N–H and O–H groups in total. The number of ether oxygens (including phenoxy) is 2. The quantitative estimate of drug-likeness (QED) is 0.715. The Kier molecular flexibility index (Phi) is 5.14. The summed E-state index contributed by atoms with van der Waals surface area (Å²) in [4.78, 5) is 0. The van der Waals surface area contributed by atoms with E-state index in [0.29, 0.717) is 22.2 Å². The Morgan fingerprint density at radius 3 is 2.60 bits per heavy atom.